The van der Waals surface area contributed by atoms with E-state index in [1.165, 1.54) is 11.8 Å². The van der Waals surface area contributed by atoms with Gasteiger partial charge in [0.15, 0.2) is 12.1 Å². The van der Waals surface area contributed by atoms with Crippen LogP contribution in [0.4, 0.5) is 0 Å². The Labute approximate surface area is 401 Å². The molecule has 0 saturated carbocycles. The van der Waals surface area contributed by atoms with Gasteiger partial charge in [0.1, 0.15) is 11.7 Å². The van der Waals surface area contributed by atoms with Crippen molar-refractivity contribution in [1.29, 1.82) is 0 Å². The number of hydrogen-bond acceptors (Lipinski definition) is 9. The SMILES string of the molecule is Cc1ccc(S(=O)(=O)N[C@H](Cc2ccccc2)C(=O)NCc2cccc(-c3ccc([C@H]4O[C@@H](CSc5nc(-c6ccccc6)c(-c6ccccc6)o5)C[C@@H](c5ccc(CO)cc5)O4)cc3)c2)cc1. The third-order valence-electron chi connectivity index (χ3n) is 11.8. The van der Waals surface area contributed by atoms with Crippen LogP contribution in [0.2, 0.25) is 0 Å². The lowest BCUT2D eigenvalue weighted by Crippen LogP contribution is -2.47. The molecule has 1 amide bonds. The molecule has 68 heavy (non-hydrogen) atoms. The van der Waals surface area contributed by atoms with Gasteiger partial charge in [0.2, 0.25) is 15.9 Å². The molecule has 3 N–H and O–H groups in total. The Morgan fingerprint density at radius 1 is 0.691 bits per heavy atom. The molecule has 1 fully saturated rings. The number of amides is 1. The van der Waals surface area contributed by atoms with Gasteiger partial charge in [-0.05, 0) is 64.9 Å². The Morgan fingerprint density at radius 2 is 1.32 bits per heavy atom. The van der Waals surface area contributed by atoms with Gasteiger partial charge >= 0.3 is 0 Å². The number of sulfonamides is 1. The van der Waals surface area contributed by atoms with E-state index in [0.717, 1.165) is 61.3 Å². The molecule has 0 unspecified atom stereocenters. The smallest absolute Gasteiger partial charge is 0.256 e. The first-order valence-electron chi connectivity index (χ1n) is 22.5. The van der Waals surface area contributed by atoms with Crippen molar-refractivity contribution in [2.24, 2.45) is 0 Å². The third-order valence-corrected chi connectivity index (χ3v) is 14.3. The number of nitrogens with one attached hydrogen (secondary N) is 2. The summed E-state index contributed by atoms with van der Waals surface area (Å²) in [6, 6.07) is 58.7. The fourth-order valence-corrected chi connectivity index (χ4v) is 10.2. The van der Waals surface area contributed by atoms with Crippen molar-refractivity contribution in [2.45, 2.75) is 67.6 Å². The summed E-state index contributed by atoms with van der Waals surface area (Å²) in [4.78, 5) is 18.8. The average molecular weight is 942 g/mol. The van der Waals surface area contributed by atoms with Crippen LogP contribution in [0.3, 0.4) is 0 Å². The number of oxazole rings is 1. The number of nitrogens with zero attached hydrogens (tertiary/aromatic N) is 1. The minimum absolute atomic E-state index is 0.0408. The number of aromatic nitrogens is 1. The second kappa shape index (κ2) is 21.5. The van der Waals surface area contributed by atoms with Gasteiger partial charge in [-0.15, -0.1) is 0 Å². The lowest BCUT2D eigenvalue weighted by atomic mass is 9.99. The van der Waals surface area contributed by atoms with Crippen molar-refractivity contribution in [3.8, 4) is 33.7 Å². The zero-order valence-corrected chi connectivity index (χ0v) is 39.0. The average Bonchev–Trinajstić information content (AvgIpc) is 3.83. The summed E-state index contributed by atoms with van der Waals surface area (Å²) in [6.45, 7) is 2.04. The number of carbonyl (C=O) groups excluding carboxylic acids is 1. The maximum absolute atomic E-state index is 13.7. The molecule has 0 aliphatic carbocycles. The number of rotatable bonds is 17. The predicted molar refractivity (Wildman–Crippen MR) is 266 cm³/mol. The van der Waals surface area contributed by atoms with Gasteiger partial charge in [0.05, 0.1) is 23.7 Å². The summed E-state index contributed by atoms with van der Waals surface area (Å²) < 4.78 is 49.3. The molecular formula is C56H51N3O7S2. The minimum Gasteiger partial charge on any atom is -0.431 e. The van der Waals surface area contributed by atoms with Crippen LogP contribution in [-0.2, 0) is 43.9 Å². The molecule has 1 aliphatic rings. The molecule has 8 aromatic rings. The topological polar surface area (TPSA) is 140 Å². The largest absolute Gasteiger partial charge is 0.431 e. The maximum atomic E-state index is 13.7. The summed E-state index contributed by atoms with van der Waals surface area (Å²) in [5, 5.41) is 13.2. The van der Waals surface area contributed by atoms with Gasteiger partial charge in [-0.2, -0.15) is 4.72 Å². The van der Waals surface area contributed by atoms with Gasteiger partial charge in [0, 0.05) is 35.4 Å². The Bertz CT molecular complexity index is 2970. The van der Waals surface area contributed by atoms with E-state index in [0.29, 0.717) is 23.2 Å². The Hall–Kier alpha value is -6.64. The lowest BCUT2D eigenvalue weighted by molar-refractivity contribution is -0.245. The Balaban J connectivity index is 0.895. The molecule has 12 heteroatoms. The van der Waals surface area contributed by atoms with Crippen LogP contribution in [0, 0.1) is 6.92 Å². The van der Waals surface area contributed by atoms with E-state index in [2.05, 4.69) is 10.0 Å². The zero-order chi connectivity index (χ0) is 46.9. The van der Waals surface area contributed by atoms with Gasteiger partial charge in [-0.25, -0.2) is 13.4 Å². The minimum atomic E-state index is -3.98. The van der Waals surface area contributed by atoms with E-state index < -0.39 is 28.3 Å². The molecule has 0 bridgehead atoms. The van der Waals surface area contributed by atoms with Crippen molar-refractivity contribution >= 4 is 27.7 Å². The van der Waals surface area contributed by atoms with Crippen LogP contribution in [0.5, 0.6) is 0 Å². The van der Waals surface area contributed by atoms with Crippen molar-refractivity contribution in [3.05, 3.63) is 221 Å². The first-order valence-corrected chi connectivity index (χ1v) is 25.0. The second-order valence-corrected chi connectivity index (χ2v) is 19.5. The quantitative estimate of drug-likeness (QED) is 0.0761. The highest BCUT2D eigenvalue weighted by molar-refractivity contribution is 7.99. The first kappa shape index (κ1) is 46.5. The molecule has 4 atom stereocenters. The number of carbonyl (C=O) groups is 1. The van der Waals surface area contributed by atoms with E-state index >= 15 is 0 Å². The molecule has 9 rings (SSSR count). The van der Waals surface area contributed by atoms with Crippen LogP contribution < -0.4 is 10.0 Å². The van der Waals surface area contributed by atoms with Gasteiger partial charge in [0.25, 0.3) is 5.22 Å². The molecule has 10 nitrogen and oxygen atoms in total. The molecule has 7 aromatic carbocycles. The van der Waals surface area contributed by atoms with Crippen LogP contribution in [0.15, 0.2) is 203 Å². The summed E-state index contributed by atoms with van der Waals surface area (Å²) in [5.41, 5.74) is 9.91. The monoisotopic (exact) mass is 941 g/mol. The zero-order valence-electron chi connectivity index (χ0n) is 37.4. The second-order valence-electron chi connectivity index (χ2n) is 16.8. The summed E-state index contributed by atoms with van der Waals surface area (Å²) in [7, 11) is -3.98. The Kier molecular flexibility index (Phi) is 14.7. The number of aliphatic hydroxyl groups excluding tert-OH is 1. The molecule has 1 aliphatic heterocycles. The normalized spacial score (nSPS) is 16.5. The fourth-order valence-electron chi connectivity index (χ4n) is 8.14. The molecule has 344 valence electrons. The number of ether oxygens (including phenoxy) is 2. The first-order chi connectivity index (χ1) is 33.2. The lowest BCUT2D eigenvalue weighted by Gasteiger charge is -2.36. The van der Waals surface area contributed by atoms with Crippen LogP contribution in [-0.4, -0.2) is 42.3 Å². The summed E-state index contributed by atoms with van der Waals surface area (Å²) in [6.07, 6.45) is -0.365. The Morgan fingerprint density at radius 3 is 2.01 bits per heavy atom. The fraction of sp³-hybridized carbons (Fsp3) is 0.179. The standard InChI is InChI=1S/C56H51N3O7S2/c1-38-20-30-49(31-21-38)68(62,63)59-50(33-39-12-5-2-6-13-39)54(61)57-35-41-14-11-19-47(32-41)42-26-28-46(29-27-42)55-64-48(34-51(65-55)43-24-22-40(36-60)23-25-43)37-67-56-58-52(44-15-7-3-8-16-44)53(66-56)45-17-9-4-10-18-45/h2-32,48,50-51,55,59-60H,33-37H2,1H3,(H,57,61)/t48-,50-,51+,55+/m1/s1. The molecule has 0 spiro atoms. The highest BCUT2D eigenvalue weighted by Crippen LogP contribution is 2.41. The van der Waals surface area contributed by atoms with Crippen molar-refractivity contribution in [1.82, 2.24) is 15.0 Å². The van der Waals surface area contributed by atoms with Gasteiger partial charge in [-0.3, -0.25) is 4.79 Å². The number of aliphatic hydroxyl groups is 1. The van der Waals surface area contributed by atoms with Crippen LogP contribution in [0.25, 0.3) is 33.7 Å². The van der Waals surface area contributed by atoms with Crippen molar-refractivity contribution < 1.29 is 32.2 Å². The van der Waals surface area contributed by atoms with Gasteiger partial charge in [-0.1, -0.05) is 187 Å². The molecule has 1 saturated heterocycles. The summed E-state index contributed by atoms with van der Waals surface area (Å²) >= 11 is 1.51. The predicted octanol–water partition coefficient (Wildman–Crippen LogP) is 11.0. The van der Waals surface area contributed by atoms with Crippen LogP contribution >= 0.6 is 11.8 Å². The number of aryl methyl sites for hydroxylation is 1. The van der Waals surface area contributed by atoms with Crippen molar-refractivity contribution in [3.63, 3.8) is 0 Å². The third kappa shape index (κ3) is 11.5. The van der Waals surface area contributed by atoms with E-state index in [9.17, 15) is 18.3 Å². The summed E-state index contributed by atoms with van der Waals surface area (Å²) in [5.74, 6) is 0.857. The van der Waals surface area contributed by atoms with E-state index in [4.69, 9.17) is 18.9 Å². The highest BCUT2D eigenvalue weighted by atomic mass is 32.2. The van der Waals surface area contributed by atoms with Gasteiger partial charge < -0.3 is 24.3 Å². The molecular weight excluding hydrogens is 891 g/mol. The molecule has 1 aromatic heterocycles. The number of thioether (sulfide) groups is 1. The van der Waals surface area contributed by atoms with Crippen molar-refractivity contribution in [2.75, 3.05) is 5.75 Å². The molecule has 0 radical (unpaired) electrons. The van der Waals surface area contributed by atoms with E-state index in [1.807, 2.05) is 171 Å². The maximum Gasteiger partial charge on any atom is 0.256 e. The highest BCUT2D eigenvalue weighted by Gasteiger charge is 2.33. The number of benzene rings is 7. The van der Waals surface area contributed by atoms with E-state index in [1.54, 1.807) is 24.3 Å². The van der Waals surface area contributed by atoms with E-state index in [-0.39, 0.29) is 36.7 Å². The van der Waals surface area contributed by atoms with Crippen LogP contribution in [0.1, 0.15) is 52.2 Å². The molecule has 2 heterocycles. The number of hydrogen-bond donors (Lipinski definition) is 3.